The van der Waals surface area contributed by atoms with Gasteiger partial charge in [0, 0.05) is 29.8 Å². The maximum Gasteiger partial charge on any atom is 0.219 e. The number of nitrogens with one attached hydrogen (secondary N) is 1. The minimum atomic E-state index is 0.372. The third-order valence-corrected chi connectivity index (χ3v) is 3.55. The van der Waals surface area contributed by atoms with Gasteiger partial charge in [-0.2, -0.15) is 4.98 Å². The molecule has 0 radical (unpaired) electrons. The predicted octanol–water partition coefficient (Wildman–Crippen LogP) is 3.40. The SMILES string of the molecule is CCOCc1nc(NC)cc(OCc2ccccc2Br)n1. The lowest BCUT2D eigenvalue weighted by atomic mass is 10.2. The summed E-state index contributed by atoms with van der Waals surface area (Å²) in [6, 6.07) is 9.70. The zero-order valence-corrected chi connectivity index (χ0v) is 13.7. The molecule has 0 saturated carbocycles. The number of hydrogen-bond acceptors (Lipinski definition) is 5. The number of rotatable bonds is 7. The maximum atomic E-state index is 5.76. The van der Waals surface area contributed by atoms with Crippen molar-refractivity contribution in [3.63, 3.8) is 0 Å². The van der Waals surface area contributed by atoms with Gasteiger partial charge in [-0.1, -0.05) is 34.1 Å². The monoisotopic (exact) mass is 351 g/mol. The Kier molecular flexibility index (Phi) is 5.95. The molecule has 2 rings (SSSR count). The van der Waals surface area contributed by atoms with E-state index < -0.39 is 0 Å². The summed E-state index contributed by atoms with van der Waals surface area (Å²) in [5, 5.41) is 3.00. The Hall–Kier alpha value is -1.66. The molecule has 0 atom stereocenters. The fourth-order valence-corrected chi connectivity index (χ4v) is 2.10. The molecule has 0 aliphatic carbocycles. The zero-order chi connectivity index (χ0) is 15.1. The first kappa shape index (κ1) is 15.7. The first-order valence-electron chi connectivity index (χ1n) is 6.72. The van der Waals surface area contributed by atoms with Gasteiger partial charge in [-0.3, -0.25) is 0 Å². The average molecular weight is 352 g/mol. The van der Waals surface area contributed by atoms with Crippen LogP contribution in [-0.4, -0.2) is 23.6 Å². The largest absolute Gasteiger partial charge is 0.473 e. The van der Waals surface area contributed by atoms with Crippen molar-refractivity contribution in [3.05, 3.63) is 46.2 Å². The predicted molar refractivity (Wildman–Crippen MR) is 85.4 cm³/mol. The van der Waals surface area contributed by atoms with Crippen molar-refractivity contribution < 1.29 is 9.47 Å². The molecule has 6 heteroatoms. The smallest absolute Gasteiger partial charge is 0.219 e. The van der Waals surface area contributed by atoms with E-state index in [1.165, 1.54) is 0 Å². The Morgan fingerprint density at radius 1 is 1.19 bits per heavy atom. The van der Waals surface area contributed by atoms with E-state index in [1.807, 2.05) is 38.2 Å². The quantitative estimate of drug-likeness (QED) is 0.828. The van der Waals surface area contributed by atoms with Crippen LogP contribution in [0.1, 0.15) is 18.3 Å². The lowest BCUT2D eigenvalue weighted by Crippen LogP contribution is -2.06. The molecule has 2 aromatic rings. The molecule has 112 valence electrons. The molecule has 0 fully saturated rings. The first-order valence-corrected chi connectivity index (χ1v) is 7.52. The van der Waals surface area contributed by atoms with Gasteiger partial charge in [0.15, 0.2) is 5.82 Å². The van der Waals surface area contributed by atoms with E-state index in [-0.39, 0.29) is 0 Å². The van der Waals surface area contributed by atoms with Gasteiger partial charge in [0.2, 0.25) is 5.88 Å². The van der Waals surface area contributed by atoms with Crippen molar-refractivity contribution in [1.82, 2.24) is 9.97 Å². The van der Waals surface area contributed by atoms with Crippen LogP contribution in [0.5, 0.6) is 5.88 Å². The first-order chi connectivity index (χ1) is 10.2. The Balaban J connectivity index is 2.09. The van der Waals surface area contributed by atoms with Gasteiger partial charge in [0.05, 0.1) is 0 Å². The number of halogens is 1. The molecule has 0 unspecified atom stereocenters. The number of hydrogen-bond donors (Lipinski definition) is 1. The van der Waals surface area contributed by atoms with Crippen LogP contribution in [0, 0.1) is 0 Å². The van der Waals surface area contributed by atoms with Crippen LogP contribution in [0.15, 0.2) is 34.8 Å². The number of nitrogens with zero attached hydrogens (tertiary/aromatic N) is 2. The van der Waals surface area contributed by atoms with Gasteiger partial charge < -0.3 is 14.8 Å². The van der Waals surface area contributed by atoms with Gasteiger partial charge in [-0.15, -0.1) is 0 Å². The molecule has 1 aromatic carbocycles. The number of aromatic nitrogens is 2. The molecule has 1 aromatic heterocycles. The zero-order valence-electron chi connectivity index (χ0n) is 12.1. The van der Waals surface area contributed by atoms with Crippen molar-refractivity contribution in [2.24, 2.45) is 0 Å². The van der Waals surface area contributed by atoms with Crippen LogP contribution in [0.25, 0.3) is 0 Å². The molecule has 0 aliphatic heterocycles. The second-order valence-electron chi connectivity index (χ2n) is 4.27. The second-order valence-corrected chi connectivity index (χ2v) is 5.13. The summed E-state index contributed by atoms with van der Waals surface area (Å²) >= 11 is 3.50. The number of benzene rings is 1. The maximum absolute atomic E-state index is 5.76. The molecule has 0 amide bonds. The third-order valence-electron chi connectivity index (χ3n) is 2.77. The van der Waals surface area contributed by atoms with Crippen molar-refractivity contribution in [2.75, 3.05) is 19.0 Å². The van der Waals surface area contributed by atoms with Gasteiger partial charge in [0.1, 0.15) is 19.0 Å². The second kappa shape index (κ2) is 7.95. The summed E-state index contributed by atoms with van der Waals surface area (Å²) in [6.07, 6.45) is 0. The van der Waals surface area contributed by atoms with Crippen LogP contribution in [0.3, 0.4) is 0 Å². The summed E-state index contributed by atoms with van der Waals surface area (Å²) < 4.78 is 12.1. The molecule has 1 heterocycles. The Morgan fingerprint density at radius 3 is 2.71 bits per heavy atom. The molecule has 1 N–H and O–H groups in total. The van der Waals surface area contributed by atoms with E-state index in [0.717, 1.165) is 10.0 Å². The normalized spacial score (nSPS) is 10.4. The molecular weight excluding hydrogens is 334 g/mol. The molecule has 5 nitrogen and oxygen atoms in total. The summed E-state index contributed by atoms with van der Waals surface area (Å²) in [6.45, 7) is 3.37. The highest BCUT2D eigenvalue weighted by atomic mass is 79.9. The average Bonchev–Trinajstić information content (AvgIpc) is 2.52. The minimum Gasteiger partial charge on any atom is -0.473 e. The lowest BCUT2D eigenvalue weighted by Gasteiger charge is -2.10. The minimum absolute atomic E-state index is 0.372. The Morgan fingerprint density at radius 2 is 2.00 bits per heavy atom. The lowest BCUT2D eigenvalue weighted by molar-refractivity contribution is 0.127. The summed E-state index contributed by atoms with van der Waals surface area (Å²) in [7, 11) is 1.81. The topological polar surface area (TPSA) is 56.3 Å². The molecule has 0 aliphatic rings. The van der Waals surface area contributed by atoms with Crippen LogP contribution < -0.4 is 10.1 Å². The van der Waals surface area contributed by atoms with Crippen molar-refractivity contribution in [1.29, 1.82) is 0 Å². The fourth-order valence-electron chi connectivity index (χ4n) is 1.70. The number of ether oxygens (including phenoxy) is 2. The van der Waals surface area contributed by atoms with Crippen molar-refractivity contribution in [2.45, 2.75) is 20.1 Å². The van der Waals surface area contributed by atoms with E-state index in [4.69, 9.17) is 9.47 Å². The van der Waals surface area contributed by atoms with Crippen LogP contribution in [0.2, 0.25) is 0 Å². The number of anilines is 1. The van der Waals surface area contributed by atoms with E-state index in [1.54, 1.807) is 6.07 Å². The van der Waals surface area contributed by atoms with Crippen LogP contribution in [0.4, 0.5) is 5.82 Å². The Labute approximate surface area is 132 Å². The van der Waals surface area contributed by atoms with E-state index in [9.17, 15) is 0 Å². The summed E-state index contributed by atoms with van der Waals surface area (Å²) in [5.41, 5.74) is 1.06. The standard InChI is InChI=1S/C15H18BrN3O2/c1-3-20-10-14-18-13(17-2)8-15(19-14)21-9-11-6-4-5-7-12(11)16/h4-8H,3,9-10H2,1-2H3,(H,17,18,19). The highest BCUT2D eigenvalue weighted by molar-refractivity contribution is 9.10. The molecule has 0 bridgehead atoms. The summed E-state index contributed by atoms with van der Waals surface area (Å²) in [5.74, 6) is 1.84. The molecular formula is C15H18BrN3O2. The van der Waals surface area contributed by atoms with Crippen LogP contribution in [-0.2, 0) is 18.0 Å². The molecule has 21 heavy (non-hydrogen) atoms. The van der Waals surface area contributed by atoms with Crippen LogP contribution >= 0.6 is 15.9 Å². The van der Waals surface area contributed by atoms with Gasteiger partial charge >= 0.3 is 0 Å². The molecule has 0 spiro atoms. The highest BCUT2D eigenvalue weighted by Crippen LogP contribution is 2.19. The van der Waals surface area contributed by atoms with Gasteiger partial charge in [-0.05, 0) is 13.0 Å². The van der Waals surface area contributed by atoms with Gasteiger partial charge in [-0.25, -0.2) is 4.98 Å². The highest BCUT2D eigenvalue weighted by Gasteiger charge is 2.06. The molecule has 0 saturated heterocycles. The van der Waals surface area contributed by atoms with E-state index in [0.29, 0.717) is 37.3 Å². The van der Waals surface area contributed by atoms with E-state index >= 15 is 0 Å². The summed E-state index contributed by atoms with van der Waals surface area (Å²) in [4.78, 5) is 8.68. The van der Waals surface area contributed by atoms with Gasteiger partial charge in [0.25, 0.3) is 0 Å². The fraction of sp³-hybridized carbons (Fsp3) is 0.333. The van der Waals surface area contributed by atoms with Crippen molar-refractivity contribution in [3.8, 4) is 5.88 Å². The third kappa shape index (κ3) is 4.68. The Bertz CT molecular complexity index is 593. The van der Waals surface area contributed by atoms with E-state index in [2.05, 4.69) is 31.2 Å². The van der Waals surface area contributed by atoms with Crippen molar-refractivity contribution >= 4 is 21.7 Å².